The molecule has 0 spiro atoms. The van der Waals surface area contributed by atoms with Gasteiger partial charge in [-0.25, -0.2) is 4.79 Å². The van der Waals surface area contributed by atoms with Gasteiger partial charge in [0, 0.05) is 51.0 Å². The van der Waals surface area contributed by atoms with E-state index in [4.69, 9.17) is 0 Å². The number of nitrogens with zero attached hydrogens (tertiary/aromatic N) is 3. The third-order valence-electron chi connectivity index (χ3n) is 6.07. The Kier molecular flexibility index (Phi) is 6.47. The van der Waals surface area contributed by atoms with E-state index < -0.39 is 0 Å². The van der Waals surface area contributed by atoms with E-state index in [1.807, 2.05) is 23.1 Å². The molecule has 2 aromatic rings. The Morgan fingerprint density at radius 1 is 0.966 bits per heavy atom. The van der Waals surface area contributed by atoms with Crippen molar-refractivity contribution in [2.24, 2.45) is 0 Å². The fraction of sp³-hybridized carbons (Fsp3) is 0.458. The highest BCUT2D eigenvalue weighted by atomic mass is 16.2. The first-order valence-corrected chi connectivity index (χ1v) is 10.8. The molecule has 0 saturated carbocycles. The largest absolute Gasteiger partial charge is 0.338 e. The van der Waals surface area contributed by atoms with Crippen molar-refractivity contribution >= 4 is 11.7 Å². The van der Waals surface area contributed by atoms with Crippen molar-refractivity contribution in [1.29, 1.82) is 0 Å². The van der Waals surface area contributed by atoms with Gasteiger partial charge in [-0.1, -0.05) is 48.5 Å². The van der Waals surface area contributed by atoms with Crippen molar-refractivity contribution in [2.75, 3.05) is 44.2 Å². The monoisotopic (exact) mass is 392 g/mol. The number of amides is 2. The summed E-state index contributed by atoms with van der Waals surface area (Å²) >= 11 is 0. The standard InChI is InChI=1S/C24H32N4O/c1-20-18-22-10-5-6-11-23(22)28(20)24(29)25-12-7-13-26-14-16-27(17-15-26)19-21-8-3-2-4-9-21/h2-6,8-11,20H,7,12-19H2,1H3,(H,25,29). The number of anilines is 1. The van der Waals surface area contributed by atoms with Crippen LogP contribution in [0.2, 0.25) is 0 Å². The van der Waals surface area contributed by atoms with Gasteiger partial charge in [-0.15, -0.1) is 0 Å². The zero-order chi connectivity index (χ0) is 20.1. The summed E-state index contributed by atoms with van der Waals surface area (Å²) < 4.78 is 0. The number of para-hydroxylation sites is 1. The molecule has 2 aliphatic heterocycles. The molecule has 0 aliphatic carbocycles. The van der Waals surface area contributed by atoms with Gasteiger partial charge >= 0.3 is 6.03 Å². The molecule has 1 saturated heterocycles. The maximum Gasteiger partial charge on any atom is 0.322 e. The molecule has 0 aromatic heterocycles. The predicted octanol–water partition coefficient (Wildman–Crippen LogP) is 3.36. The molecular formula is C24H32N4O. The molecule has 2 aromatic carbocycles. The fourth-order valence-electron chi connectivity index (χ4n) is 4.47. The highest BCUT2D eigenvalue weighted by molar-refractivity contribution is 5.94. The molecule has 2 aliphatic rings. The SMILES string of the molecule is CC1Cc2ccccc2N1C(=O)NCCCN1CCN(Cc2ccccc2)CC1. The van der Waals surface area contributed by atoms with Crippen LogP contribution in [-0.2, 0) is 13.0 Å². The van der Waals surface area contributed by atoms with Crippen LogP contribution in [0.3, 0.4) is 0 Å². The molecule has 1 atom stereocenters. The Morgan fingerprint density at radius 3 is 2.45 bits per heavy atom. The van der Waals surface area contributed by atoms with Gasteiger partial charge in [-0.2, -0.15) is 0 Å². The van der Waals surface area contributed by atoms with Gasteiger partial charge in [0.2, 0.25) is 0 Å². The van der Waals surface area contributed by atoms with Crippen LogP contribution in [0.15, 0.2) is 54.6 Å². The maximum absolute atomic E-state index is 12.7. The Balaban J connectivity index is 1.15. The van der Waals surface area contributed by atoms with Crippen LogP contribution in [0.4, 0.5) is 10.5 Å². The van der Waals surface area contributed by atoms with Gasteiger partial charge in [-0.05, 0) is 43.5 Å². The molecule has 29 heavy (non-hydrogen) atoms. The lowest BCUT2D eigenvalue weighted by Gasteiger charge is -2.34. The molecule has 4 rings (SSSR count). The van der Waals surface area contributed by atoms with Gasteiger partial charge in [-0.3, -0.25) is 9.80 Å². The number of rotatable bonds is 6. The maximum atomic E-state index is 12.7. The second kappa shape index (κ2) is 9.42. The lowest BCUT2D eigenvalue weighted by atomic mass is 10.1. The molecule has 154 valence electrons. The number of piperazine rings is 1. The van der Waals surface area contributed by atoms with Crippen molar-refractivity contribution in [3.05, 3.63) is 65.7 Å². The van der Waals surface area contributed by atoms with Gasteiger partial charge in [0.05, 0.1) is 0 Å². The van der Waals surface area contributed by atoms with Crippen LogP contribution in [0, 0.1) is 0 Å². The average Bonchev–Trinajstić information content (AvgIpc) is 3.09. The number of hydrogen-bond donors (Lipinski definition) is 1. The number of fused-ring (bicyclic) bond motifs is 1. The summed E-state index contributed by atoms with van der Waals surface area (Å²) in [6.45, 7) is 9.38. The Morgan fingerprint density at radius 2 is 1.66 bits per heavy atom. The molecule has 1 fully saturated rings. The van der Waals surface area contributed by atoms with Crippen LogP contribution in [0.25, 0.3) is 0 Å². The smallest absolute Gasteiger partial charge is 0.322 e. The average molecular weight is 393 g/mol. The highest BCUT2D eigenvalue weighted by Crippen LogP contribution is 2.31. The summed E-state index contributed by atoms with van der Waals surface area (Å²) in [6.07, 6.45) is 1.94. The molecule has 1 unspecified atom stereocenters. The zero-order valence-electron chi connectivity index (χ0n) is 17.4. The van der Waals surface area contributed by atoms with Gasteiger partial charge in [0.15, 0.2) is 0 Å². The number of carbonyl (C=O) groups excluding carboxylic acids is 1. The summed E-state index contributed by atoms with van der Waals surface area (Å²) in [6, 6.07) is 19.2. The first-order chi connectivity index (χ1) is 14.2. The lowest BCUT2D eigenvalue weighted by Crippen LogP contribution is -2.47. The van der Waals surface area contributed by atoms with Gasteiger partial charge < -0.3 is 10.2 Å². The van der Waals surface area contributed by atoms with Crippen LogP contribution in [-0.4, -0.2) is 61.1 Å². The van der Waals surface area contributed by atoms with Crippen molar-refractivity contribution in [3.8, 4) is 0 Å². The number of benzene rings is 2. The Hall–Kier alpha value is -2.37. The van der Waals surface area contributed by atoms with Gasteiger partial charge in [0.1, 0.15) is 0 Å². The van der Waals surface area contributed by atoms with Crippen LogP contribution in [0.5, 0.6) is 0 Å². The summed E-state index contributed by atoms with van der Waals surface area (Å²) in [5.74, 6) is 0. The Labute approximate surface area is 174 Å². The Bertz CT molecular complexity index is 802. The van der Waals surface area contributed by atoms with Crippen molar-refractivity contribution in [1.82, 2.24) is 15.1 Å². The third kappa shape index (κ3) is 4.98. The molecule has 0 bridgehead atoms. The second-order valence-corrected chi connectivity index (χ2v) is 8.24. The summed E-state index contributed by atoms with van der Waals surface area (Å²) in [4.78, 5) is 19.6. The minimum absolute atomic E-state index is 0.0372. The molecule has 2 heterocycles. The van der Waals surface area contributed by atoms with E-state index in [2.05, 4.69) is 58.4 Å². The quantitative estimate of drug-likeness (QED) is 0.766. The first-order valence-electron chi connectivity index (χ1n) is 10.8. The minimum Gasteiger partial charge on any atom is -0.338 e. The molecule has 0 radical (unpaired) electrons. The fourth-order valence-corrected chi connectivity index (χ4v) is 4.47. The molecule has 1 N–H and O–H groups in total. The summed E-state index contributed by atoms with van der Waals surface area (Å²) in [7, 11) is 0. The molecule has 5 heteroatoms. The summed E-state index contributed by atoms with van der Waals surface area (Å²) in [5, 5.41) is 3.13. The van der Waals surface area contributed by atoms with E-state index >= 15 is 0 Å². The van der Waals surface area contributed by atoms with Crippen molar-refractivity contribution in [3.63, 3.8) is 0 Å². The highest BCUT2D eigenvalue weighted by Gasteiger charge is 2.30. The van der Waals surface area contributed by atoms with Crippen LogP contribution >= 0.6 is 0 Å². The molecule has 2 amide bonds. The predicted molar refractivity (Wildman–Crippen MR) is 118 cm³/mol. The number of hydrogen-bond acceptors (Lipinski definition) is 3. The topological polar surface area (TPSA) is 38.8 Å². The summed E-state index contributed by atoms with van der Waals surface area (Å²) in [5.41, 5.74) is 3.72. The first kappa shape index (κ1) is 19.9. The molecule has 5 nitrogen and oxygen atoms in total. The van der Waals surface area contributed by atoms with E-state index in [0.29, 0.717) is 0 Å². The van der Waals surface area contributed by atoms with Gasteiger partial charge in [0.25, 0.3) is 0 Å². The van der Waals surface area contributed by atoms with E-state index in [1.165, 1.54) is 11.1 Å². The lowest BCUT2D eigenvalue weighted by molar-refractivity contribution is 0.126. The van der Waals surface area contributed by atoms with E-state index in [9.17, 15) is 4.79 Å². The number of nitrogens with one attached hydrogen (secondary N) is 1. The second-order valence-electron chi connectivity index (χ2n) is 8.24. The van der Waals surface area contributed by atoms with Crippen molar-refractivity contribution < 1.29 is 4.79 Å². The van der Waals surface area contributed by atoms with Crippen molar-refractivity contribution in [2.45, 2.75) is 32.4 Å². The number of carbonyl (C=O) groups is 1. The zero-order valence-corrected chi connectivity index (χ0v) is 17.4. The van der Waals surface area contributed by atoms with E-state index in [-0.39, 0.29) is 12.1 Å². The third-order valence-corrected chi connectivity index (χ3v) is 6.07. The van der Waals surface area contributed by atoms with Crippen LogP contribution in [0.1, 0.15) is 24.5 Å². The van der Waals surface area contributed by atoms with E-state index in [0.717, 1.165) is 64.3 Å². The normalized spacial score (nSPS) is 19.9. The number of urea groups is 1. The van der Waals surface area contributed by atoms with E-state index in [1.54, 1.807) is 0 Å². The van der Waals surface area contributed by atoms with Crippen LogP contribution < -0.4 is 10.2 Å². The molecular weight excluding hydrogens is 360 g/mol. The minimum atomic E-state index is 0.0372.